The fourth-order valence-electron chi connectivity index (χ4n) is 4.90. The third-order valence-electron chi connectivity index (χ3n) is 7.26. The molecule has 2 unspecified atom stereocenters. The van der Waals surface area contributed by atoms with Gasteiger partial charge in [-0.1, -0.05) is 60.7 Å². The van der Waals surface area contributed by atoms with Gasteiger partial charge in [0.05, 0.1) is 17.9 Å². The number of aliphatic hydroxyl groups is 1. The van der Waals surface area contributed by atoms with Crippen molar-refractivity contribution < 1.29 is 48.1 Å². The number of carboxylic acid groups (broad SMARTS) is 1. The van der Waals surface area contributed by atoms with Gasteiger partial charge in [-0.2, -0.15) is 0 Å². The van der Waals surface area contributed by atoms with Crippen LogP contribution in [0.5, 0.6) is 0 Å². The first kappa shape index (κ1) is 39.8. The van der Waals surface area contributed by atoms with E-state index in [1.807, 2.05) is 36.4 Å². The molecule has 0 spiro atoms. The highest BCUT2D eigenvalue weighted by molar-refractivity contribution is 6.04. The molecule has 0 bridgehead atoms. The molecule has 0 fully saturated rings. The fraction of sp³-hybridized carbons (Fsp3) is 0.359. The lowest BCUT2D eigenvalue weighted by molar-refractivity contribution is -0.163. The van der Waals surface area contributed by atoms with Gasteiger partial charge in [-0.15, -0.1) is 0 Å². The summed E-state index contributed by atoms with van der Waals surface area (Å²) in [6, 6.07) is 19.9. The smallest absolute Gasteiger partial charge is 0.339 e. The molecule has 2 aromatic carbocycles. The topological polar surface area (TPSA) is 173 Å². The quantitative estimate of drug-likeness (QED) is 0.0945. The number of hydrogen-bond donors (Lipinski definition) is 3. The molecule has 0 aliphatic carbocycles. The van der Waals surface area contributed by atoms with E-state index >= 15 is 0 Å². The SMILES string of the molecule is CC(C(Cc1ccc(C(=O)Nc2ccccc2)o1)C(=O)OC(C)(C)C)N(CC=Cc1ccccc1)C(=O)C(O)=C(CC(=O)O)C(=O)OC(C)(C)C. The van der Waals surface area contributed by atoms with Gasteiger partial charge in [0.15, 0.2) is 11.5 Å². The third kappa shape index (κ3) is 12.6. The van der Waals surface area contributed by atoms with E-state index in [2.05, 4.69) is 5.32 Å². The summed E-state index contributed by atoms with van der Waals surface area (Å²) in [4.78, 5) is 66.7. The summed E-state index contributed by atoms with van der Waals surface area (Å²) in [5.74, 6) is -7.01. The normalized spacial score (nSPS) is 13.5. The van der Waals surface area contributed by atoms with Gasteiger partial charge in [0.2, 0.25) is 0 Å². The summed E-state index contributed by atoms with van der Waals surface area (Å²) in [5, 5.41) is 23.5. The average molecular weight is 703 g/mol. The Morgan fingerprint density at radius 1 is 0.843 bits per heavy atom. The van der Waals surface area contributed by atoms with Crippen molar-refractivity contribution in [3.05, 3.63) is 107 Å². The predicted octanol–water partition coefficient (Wildman–Crippen LogP) is 6.59. The lowest BCUT2D eigenvalue weighted by Gasteiger charge is -2.34. The zero-order valence-corrected chi connectivity index (χ0v) is 30.0. The van der Waals surface area contributed by atoms with Crippen LogP contribution in [0.3, 0.4) is 0 Å². The Hall–Kier alpha value is -5.65. The van der Waals surface area contributed by atoms with Crippen molar-refractivity contribution in [1.82, 2.24) is 4.90 Å². The predicted molar refractivity (Wildman–Crippen MR) is 191 cm³/mol. The second-order valence-corrected chi connectivity index (χ2v) is 13.8. The van der Waals surface area contributed by atoms with Crippen LogP contribution < -0.4 is 5.32 Å². The molecular formula is C39H46N2O10. The van der Waals surface area contributed by atoms with Gasteiger partial charge < -0.3 is 34.3 Å². The van der Waals surface area contributed by atoms with Gasteiger partial charge in [-0.05, 0) is 78.3 Å². The minimum atomic E-state index is -1.48. The molecule has 0 radical (unpaired) electrons. The van der Waals surface area contributed by atoms with E-state index in [9.17, 15) is 34.2 Å². The van der Waals surface area contributed by atoms with Crippen molar-refractivity contribution in [1.29, 1.82) is 0 Å². The molecule has 0 saturated heterocycles. The van der Waals surface area contributed by atoms with Crippen molar-refractivity contribution >= 4 is 41.5 Å². The first-order chi connectivity index (χ1) is 23.8. The molecule has 2 atom stereocenters. The molecule has 3 aromatic rings. The molecular weight excluding hydrogens is 656 g/mol. The first-order valence-corrected chi connectivity index (χ1v) is 16.4. The highest BCUT2D eigenvalue weighted by atomic mass is 16.6. The minimum absolute atomic E-state index is 0.0144. The lowest BCUT2D eigenvalue weighted by atomic mass is 9.93. The number of carbonyl (C=O) groups excluding carboxylic acids is 4. The second kappa shape index (κ2) is 17.3. The van der Waals surface area contributed by atoms with Gasteiger partial charge in [0.25, 0.3) is 11.8 Å². The van der Waals surface area contributed by atoms with Crippen molar-refractivity contribution in [2.45, 2.75) is 78.6 Å². The molecule has 3 N–H and O–H groups in total. The molecule has 51 heavy (non-hydrogen) atoms. The van der Waals surface area contributed by atoms with E-state index in [0.29, 0.717) is 5.69 Å². The Kier molecular flexibility index (Phi) is 13.5. The van der Waals surface area contributed by atoms with E-state index < -0.39 is 70.6 Å². The molecule has 0 aliphatic rings. The number of aliphatic hydroxyl groups excluding tert-OH is 1. The van der Waals surface area contributed by atoms with E-state index in [0.717, 1.165) is 10.5 Å². The summed E-state index contributed by atoms with van der Waals surface area (Å²) in [5.41, 5.74) is -1.37. The third-order valence-corrected chi connectivity index (χ3v) is 7.26. The number of aliphatic carboxylic acids is 1. The Labute approximate surface area is 297 Å². The minimum Gasteiger partial charge on any atom is -0.503 e. The van der Waals surface area contributed by atoms with Gasteiger partial charge in [-0.3, -0.25) is 19.2 Å². The monoisotopic (exact) mass is 702 g/mol. The molecule has 12 nitrogen and oxygen atoms in total. The number of nitrogens with one attached hydrogen (secondary N) is 1. The van der Waals surface area contributed by atoms with Gasteiger partial charge in [-0.25, -0.2) is 4.79 Å². The van der Waals surface area contributed by atoms with Crippen LogP contribution in [-0.4, -0.2) is 68.6 Å². The Balaban J connectivity index is 2.05. The van der Waals surface area contributed by atoms with Gasteiger partial charge >= 0.3 is 17.9 Å². The second-order valence-electron chi connectivity index (χ2n) is 13.8. The number of amides is 2. The number of carbonyl (C=O) groups is 5. The number of nitrogens with zero attached hydrogens (tertiary/aromatic N) is 1. The zero-order chi connectivity index (χ0) is 37.9. The standard InChI is InChI=1S/C39H46N2O10/c1-25(29(36(47)50-38(2,3)4)23-28-20-21-31(49-28)34(45)40-27-18-12-9-13-19-27)41(22-14-17-26-15-10-8-11-16-26)35(46)33(44)30(24-32(42)43)37(48)51-39(5,6)7/h8-21,25,29,44H,22-24H2,1-7H3,(H,40,45)(H,42,43). The number of para-hydroxylation sites is 1. The van der Waals surface area contributed by atoms with Crippen molar-refractivity contribution in [2.75, 3.05) is 11.9 Å². The highest BCUT2D eigenvalue weighted by Crippen LogP contribution is 2.26. The van der Waals surface area contributed by atoms with Crippen LogP contribution in [0.4, 0.5) is 5.69 Å². The number of hydrogen-bond acceptors (Lipinski definition) is 9. The fourth-order valence-corrected chi connectivity index (χ4v) is 4.90. The van der Waals surface area contributed by atoms with Crippen LogP contribution in [-0.2, 0) is 35.1 Å². The number of furan rings is 1. The zero-order valence-electron chi connectivity index (χ0n) is 30.0. The van der Waals surface area contributed by atoms with Crippen LogP contribution in [0.15, 0.2) is 94.6 Å². The van der Waals surface area contributed by atoms with Crippen LogP contribution >= 0.6 is 0 Å². The number of ether oxygens (including phenoxy) is 2. The number of esters is 2. The van der Waals surface area contributed by atoms with E-state index in [1.54, 1.807) is 84.9 Å². The molecule has 0 aliphatic heterocycles. The largest absolute Gasteiger partial charge is 0.503 e. The molecule has 1 aromatic heterocycles. The van der Waals surface area contributed by atoms with Gasteiger partial charge in [0, 0.05) is 24.7 Å². The summed E-state index contributed by atoms with van der Waals surface area (Å²) in [6.07, 6.45) is 2.24. The van der Waals surface area contributed by atoms with E-state index in [1.165, 1.54) is 12.1 Å². The van der Waals surface area contributed by atoms with Gasteiger partial charge in [0.1, 0.15) is 17.0 Å². The summed E-state index contributed by atoms with van der Waals surface area (Å²) >= 11 is 0. The molecule has 1 heterocycles. The summed E-state index contributed by atoms with van der Waals surface area (Å²) in [6.45, 7) is 11.1. The molecule has 2 amide bonds. The molecule has 0 saturated carbocycles. The number of rotatable bonds is 14. The van der Waals surface area contributed by atoms with Crippen LogP contribution in [0.25, 0.3) is 6.08 Å². The Morgan fingerprint density at radius 2 is 1.43 bits per heavy atom. The van der Waals surface area contributed by atoms with Crippen molar-refractivity contribution in [3.8, 4) is 0 Å². The maximum absolute atomic E-state index is 14.1. The van der Waals surface area contributed by atoms with Crippen LogP contribution in [0, 0.1) is 5.92 Å². The lowest BCUT2D eigenvalue weighted by Crippen LogP contribution is -2.48. The number of anilines is 1. The molecule has 3 rings (SSSR count). The molecule has 12 heteroatoms. The van der Waals surface area contributed by atoms with Crippen molar-refractivity contribution in [2.24, 2.45) is 5.92 Å². The maximum atomic E-state index is 14.1. The van der Waals surface area contributed by atoms with E-state index in [-0.39, 0.29) is 24.5 Å². The Morgan fingerprint density at radius 3 is 2.00 bits per heavy atom. The molecule has 272 valence electrons. The summed E-state index contributed by atoms with van der Waals surface area (Å²) in [7, 11) is 0. The summed E-state index contributed by atoms with van der Waals surface area (Å²) < 4.78 is 16.9. The van der Waals surface area contributed by atoms with Crippen molar-refractivity contribution in [3.63, 3.8) is 0 Å². The Bertz CT molecular complexity index is 1750. The van der Waals surface area contributed by atoms with Crippen LogP contribution in [0.2, 0.25) is 0 Å². The first-order valence-electron chi connectivity index (χ1n) is 16.4. The average Bonchev–Trinajstić information content (AvgIpc) is 3.52. The number of carboxylic acids is 1. The van der Waals surface area contributed by atoms with E-state index in [4.69, 9.17) is 13.9 Å². The van der Waals surface area contributed by atoms with Crippen LogP contribution in [0.1, 0.15) is 76.8 Å². The maximum Gasteiger partial charge on any atom is 0.339 e. The highest BCUT2D eigenvalue weighted by Gasteiger charge is 2.38. The number of benzene rings is 2.